The second-order valence-electron chi connectivity index (χ2n) is 13.2. The molecule has 6 atom stereocenters. The van der Waals surface area contributed by atoms with Gasteiger partial charge in [-0.15, -0.1) is 23.2 Å². The van der Waals surface area contributed by atoms with E-state index >= 15 is 0 Å². The van der Waals surface area contributed by atoms with Crippen LogP contribution in [-0.4, -0.2) is 70.0 Å². The Morgan fingerprint density at radius 3 is 2.16 bits per heavy atom. The highest BCUT2D eigenvalue weighted by Crippen LogP contribution is 2.66. The molecule has 1 N–H and O–H groups in total. The topological polar surface area (TPSA) is 132 Å². The van der Waals surface area contributed by atoms with E-state index in [0.717, 1.165) is 10.6 Å². The first-order valence-corrected chi connectivity index (χ1v) is 18.3. The molecular formula is C36H31BrCl3N5O6. The van der Waals surface area contributed by atoms with Gasteiger partial charge < -0.3 is 14.7 Å². The van der Waals surface area contributed by atoms with E-state index in [0.29, 0.717) is 28.2 Å². The number of azo groups is 1. The molecule has 3 fully saturated rings. The van der Waals surface area contributed by atoms with E-state index in [4.69, 9.17) is 39.5 Å². The molecule has 264 valence electrons. The minimum atomic E-state index is -2.02. The summed E-state index contributed by atoms with van der Waals surface area (Å²) in [4.78, 5) is 56.4. The van der Waals surface area contributed by atoms with Crippen molar-refractivity contribution in [1.29, 1.82) is 0 Å². The zero-order valence-electron chi connectivity index (χ0n) is 27.5. The van der Waals surface area contributed by atoms with Gasteiger partial charge in [-0.1, -0.05) is 39.2 Å². The highest BCUT2D eigenvalue weighted by Gasteiger charge is 2.76. The minimum absolute atomic E-state index is 0.0204. The van der Waals surface area contributed by atoms with Crippen LogP contribution < -0.4 is 14.5 Å². The van der Waals surface area contributed by atoms with Gasteiger partial charge in [-0.05, 0) is 85.0 Å². The number of ether oxygens (including phenoxy) is 1. The SMILES string of the molecule is COc1cc([C@H]2C3=CC[C@@H]4C(=O)N(c5ccc(N=Nc6ccc(N(C)C)cc6)cc5)C(=O)[C@@H]4[C@@H]3C[C@@]3(Cl)C(=O)N(CBr)C(=O)[C@@]23Cl)cc(Cl)c1O. The molecule has 51 heavy (non-hydrogen) atoms. The first-order chi connectivity index (χ1) is 24.3. The van der Waals surface area contributed by atoms with Crippen LogP contribution in [0.1, 0.15) is 24.3 Å². The Morgan fingerprint density at radius 1 is 0.941 bits per heavy atom. The third-order valence-electron chi connectivity index (χ3n) is 10.4. The number of benzene rings is 3. The fourth-order valence-electron chi connectivity index (χ4n) is 7.90. The van der Waals surface area contributed by atoms with E-state index in [1.807, 2.05) is 49.3 Å². The molecule has 2 heterocycles. The summed E-state index contributed by atoms with van der Waals surface area (Å²) in [6, 6.07) is 17.1. The van der Waals surface area contributed by atoms with E-state index in [1.54, 1.807) is 24.3 Å². The molecule has 3 aromatic carbocycles. The van der Waals surface area contributed by atoms with Crippen LogP contribution in [0.5, 0.6) is 11.5 Å². The normalized spacial score (nSPS) is 28.6. The average molecular weight is 816 g/mol. The third-order valence-corrected chi connectivity index (χ3v) is 12.6. The van der Waals surface area contributed by atoms with Crippen molar-refractivity contribution in [2.75, 3.05) is 36.5 Å². The van der Waals surface area contributed by atoms with Gasteiger partial charge in [0.05, 0.1) is 46.5 Å². The first-order valence-electron chi connectivity index (χ1n) is 16.0. The van der Waals surface area contributed by atoms with Gasteiger partial charge in [0.2, 0.25) is 11.8 Å². The summed E-state index contributed by atoms with van der Waals surface area (Å²) in [5, 5.41) is 19.0. The number of carbonyl (C=O) groups is 4. The number of amides is 4. The quantitative estimate of drug-likeness (QED) is 0.0862. The number of rotatable bonds is 7. The van der Waals surface area contributed by atoms with Crippen LogP contribution in [0.15, 0.2) is 82.5 Å². The highest BCUT2D eigenvalue weighted by molar-refractivity contribution is 9.09. The van der Waals surface area contributed by atoms with Crippen molar-refractivity contribution < 1.29 is 29.0 Å². The van der Waals surface area contributed by atoms with E-state index < -0.39 is 51.1 Å². The van der Waals surface area contributed by atoms with Crippen LogP contribution >= 0.6 is 50.7 Å². The van der Waals surface area contributed by atoms with Gasteiger partial charge in [0, 0.05) is 25.7 Å². The second kappa shape index (κ2) is 12.9. The summed E-state index contributed by atoms with van der Waals surface area (Å²) >= 11 is 24.2. The number of carbonyl (C=O) groups excluding carboxylic acids is 4. The fourth-order valence-corrected chi connectivity index (χ4v) is 9.54. The summed E-state index contributed by atoms with van der Waals surface area (Å²) in [7, 11) is 5.25. The zero-order chi connectivity index (χ0) is 36.6. The third kappa shape index (κ3) is 5.28. The molecular weight excluding hydrogens is 785 g/mol. The number of phenols is 1. The predicted octanol–water partition coefficient (Wildman–Crippen LogP) is 7.45. The monoisotopic (exact) mass is 813 g/mol. The van der Waals surface area contributed by atoms with Crippen LogP contribution in [0, 0.1) is 17.8 Å². The Bertz CT molecular complexity index is 2040. The molecule has 11 nitrogen and oxygen atoms in total. The summed E-state index contributed by atoms with van der Waals surface area (Å²) < 4.78 is 5.36. The van der Waals surface area contributed by atoms with Crippen molar-refractivity contribution in [2.24, 2.45) is 28.0 Å². The average Bonchev–Trinajstić information content (AvgIpc) is 3.46. The lowest BCUT2D eigenvalue weighted by molar-refractivity contribution is -0.138. The van der Waals surface area contributed by atoms with Gasteiger partial charge in [0.15, 0.2) is 21.2 Å². The molecule has 1 saturated carbocycles. The lowest BCUT2D eigenvalue weighted by Crippen LogP contribution is -2.60. The molecule has 0 radical (unpaired) electrons. The molecule has 3 aromatic rings. The maximum Gasteiger partial charge on any atom is 0.254 e. The number of likely N-dealkylation sites (tertiary alicyclic amines) is 1. The first kappa shape index (κ1) is 35.4. The number of allylic oxidation sites excluding steroid dienone is 2. The van der Waals surface area contributed by atoms with Crippen LogP contribution in [0.4, 0.5) is 22.7 Å². The summed E-state index contributed by atoms with van der Waals surface area (Å²) in [5.74, 6) is -5.99. The van der Waals surface area contributed by atoms with Crippen molar-refractivity contribution in [3.05, 3.63) is 82.9 Å². The smallest absolute Gasteiger partial charge is 0.254 e. The molecule has 4 aliphatic rings. The van der Waals surface area contributed by atoms with E-state index in [2.05, 4.69) is 26.2 Å². The lowest BCUT2D eigenvalue weighted by atomic mass is 9.56. The number of fused-ring (bicyclic) bond motifs is 4. The Labute approximate surface area is 316 Å². The molecule has 2 saturated heterocycles. The molecule has 0 spiro atoms. The molecule has 2 aliphatic carbocycles. The Hall–Kier alpha value is -3.97. The summed E-state index contributed by atoms with van der Waals surface area (Å²) in [6.45, 7) is 0. The molecule has 15 heteroatoms. The van der Waals surface area contributed by atoms with Crippen molar-refractivity contribution >= 4 is 97.1 Å². The van der Waals surface area contributed by atoms with Gasteiger partial charge in [0.1, 0.15) is 0 Å². The van der Waals surface area contributed by atoms with Gasteiger partial charge in [0.25, 0.3) is 11.8 Å². The number of nitrogens with zero attached hydrogens (tertiary/aromatic N) is 5. The zero-order valence-corrected chi connectivity index (χ0v) is 31.4. The molecule has 7 rings (SSSR count). The second-order valence-corrected chi connectivity index (χ2v) is 15.3. The number of hydrogen-bond donors (Lipinski definition) is 1. The van der Waals surface area contributed by atoms with Crippen LogP contribution in [-0.2, 0) is 19.2 Å². The van der Waals surface area contributed by atoms with E-state index in [-0.39, 0.29) is 40.7 Å². The van der Waals surface area contributed by atoms with Crippen molar-refractivity contribution in [3.8, 4) is 11.5 Å². The molecule has 4 amide bonds. The molecule has 2 aliphatic heterocycles. The van der Waals surface area contributed by atoms with Crippen molar-refractivity contribution in [3.63, 3.8) is 0 Å². The maximum absolute atomic E-state index is 14.4. The van der Waals surface area contributed by atoms with E-state index in [9.17, 15) is 24.3 Å². The van der Waals surface area contributed by atoms with Crippen molar-refractivity contribution in [2.45, 2.75) is 28.5 Å². The van der Waals surface area contributed by atoms with Gasteiger partial charge in [-0.25, -0.2) is 0 Å². The summed E-state index contributed by atoms with van der Waals surface area (Å²) in [6.07, 6.45) is 1.84. The van der Waals surface area contributed by atoms with E-state index in [1.165, 1.54) is 24.1 Å². The number of imide groups is 2. The standard InChI is InChI=1S/C36H31BrCl3N5O6/c1-43(2)21-8-4-19(5-9-21)41-42-20-6-10-22(11-7-20)45-31(47)24-13-12-23-25(28(24)32(45)48)16-35(39)33(49)44(17-37)34(50)36(35,40)29(23)18-14-26(38)30(46)27(15-18)51-3/h4-12,14-15,24-25,28-29,46H,13,16-17H2,1-3H3/t24-,25+,28-,29-,35+,36-/m0/s1. The largest absolute Gasteiger partial charge is 0.503 e. The minimum Gasteiger partial charge on any atom is -0.503 e. The number of methoxy groups -OCH3 is 1. The molecule has 0 aromatic heterocycles. The predicted molar refractivity (Wildman–Crippen MR) is 197 cm³/mol. The fraction of sp³-hybridized carbons (Fsp3) is 0.333. The van der Waals surface area contributed by atoms with Gasteiger partial charge >= 0.3 is 0 Å². The van der Waals surface area contributed by atoms with Crippen LogP contribution in [0.3, 0.4) is 0 Å². The highest BCUT2D eigenvalue weighted by atomic mass is 79.9. The van der Waals surface area contributed by atoms with Crippen LogP contribution in [0.25, 0.3) is 0 Å². The van der Waals surface area contributed by atoms with Crippen molar-refractivity contribution in [1.82, 2.24) is 4.90 Å². The number of alkyl halides is 3. The summed E-state index contributed by atoms with van der Waals surface area (Å²) in [5.41, 5.74) is 3.37. The van der Waals surface area contributed by atoms with Crippen LogP contribution in [0.2, 0.25) is 5.02 Å². The maximum atomic E-state index is 14.4. The number of phenolic OH excluding ortho intramolecular Hbond substituents is 1. The van der Waals surface area contributed by atoms with Gasteiger partial charge in [-0.2, -0.15) is 10.2 Å². The number of hydrogen-bond acceptors (Lipinski definition) is 9. The Morgan fingerprint density at radius 2 is 1.57 bits per heavy atom. The Balaban J connectivity index is 1.24. The Kier molecular flexibility index (Phi) is 8.97. The molecule has 0 unspecified atom stereocenters. The lowest BCUT2D eigenvalue weighted by Gasteiger charge is -2.50. The van der Waals surface area contributed by atoms with Gasteiger partial charge in [-0.3, -0.25) is 29.0 Å². The number of anilines is 2. The molecule has 0 bridgehead atoms. The number of aromatic hydroxyl groups is 1. The number of halogens is 4.